The number of aromatic nitrogens is 4. The number of nitrogens with one attached hydrogen (secondary N) is 2. The second-order valence-electron chi connectivity index (χ2n) is 15.1. The van der Waals surface area contributed by atoms with Crippen LogP contribution in [0.15, 0.2) is 109 Å². The zero-order chi connectivity index (χ0) is 39.1. The van der Waals surface area contributed by atoms with E-state index in [0.717, 1.165) is 54.7 Å². The van der Waals surface area contributed by atoms with Gasteiger partial charge in [0.2, 0.25) is 0 Å². The number of hydrogen-bond donors (Lipinski definition) is 2. The average Bonchev–Trinajstić information content (AvgIpc) is 3.97. The van der Waals surface area contributed by atoms with Crippen LogP contribution in [0, 0.1) is 0 Å². The van der Waals surface area contributed by atoms with Crippen LogP contribution in [0.25, 0.3) is 66.1 Å². The number of hydrogen-bond acceptors (Lipinski definition) is 8. The molecule has 284 valence electrons. The summed E-state index contributed by atoms with van der Waals surface area (Å²) in [5.41, 5.74) is 7.34. The minimum absolute atomic E-state index is 0.191. The van der Waals surface area contributed by atoms with E-state index >= 15 is 0 Å². The Labute approximate surface area is 331 Å². The van der Waals surface area contributed by atoms with Crippen LogP contribution in [0.4, 0.5) is 0 Å². The molecule has 0 unspecified atom stereocenters. The maximum Gasteiger partial charge on any atom is 0.280 e. The van der Waals surface area contributed by atoms with E-state index in [0.29, 0.717) is 61.8 Å². The summed E-state index contributed by atoms with van der Waals surface area (Å²) in [6, 6.07) is 35.1. The molecule has 0 saturated carbocycles. The van der Waals surface area contributed by atoms with Gasteiger partial charge in [0.05, 0.1) is 33.5 Å². The van der Waals surface area contributed by atoms with Crippen molar-refractivity contribution in [1.82, 2.24) is 39.5 Å². The van der Waals surface area contributed by atoms with Crippen molar-refractivity contribution in [2.24, 2.45) is 0 Å². The molecule has 3 aliphatic heterocycles. The van der Waals surface area contributed by atoms with Crippen molar-refractivity contribution in [3.63, 3.8) is 0 Å². The van der Waals surface area contributed by atoms with E-state index in [9.17, 15) is 19.2 Å². The van der Waals surface area contributed by atoms with Crippen LogP contribution >= 0.6 is 0 Å². The number of nitrogens with zero attached hydrogens (tertiary/aromatic N) is 6. The van der Waals surface area contributed by atoms with Gasteiger partial charge in [0.1, 0.15) is 11.4 Å². The highest BCUT2D eigenvalue weighted by molar-refractivity contribution is 6.31. The lowest BCUT2D eigenvalue weighted by atomic mass is 10.0. The van der Waals surface area contributed by atoms with Crippen LogP contribution in [0.3, 0.4) is 0 Å². The molecular weight excluding hydrogens is 729 g/mol. The first kappa shape index (κ1) is 34.2. The van der Waals surface area contributed by atoms with Crippen LogP contribution in [0.5, 0.6) is 0 Å². The molecule has 0 spiro atoms. The molecule has 4 aromatic carbocycles. The van der Waals surface area contributed by atoms with Crippen LogP contribution in [-0.2, 0) is 0 Å². The Morgan fingerprint density at radius 3 is 1.22 bits per heavy atom. The van der Waals surface area contributed by atoms with Crippen molar-refractivity contribution < 1.29 is 19.2 Å². The fourth-order valence-electron chi connectivity index (χ4n) is 9.01. The summed E-state index contributed by atoms with van der Waals surface area (Å²) in [7, 11) is 0. The van der Waals surface area contributed by atoms with Gasteiger partial charge in [0.25, 0.3) is 23.6 Å². The van der Waals surface area contributed by atoms with Crippen molar-refractivity contribution in [2.45, 2.75) is 0 Å². The number of rotatable bonds is 8. The highest BCUT2D eigenvalue weighted by Gasteiger charge is 2.42. The Bertz CT molecular complexity index is 2820. The van der Waals surface area contributed by atoms with Crippen LogP contribution < -0.4 is 0 Å². The molecule has 0 aliphatic carbocycles. The zero-order valence-electron chi connectivity index (χ0n) is 31.4. The van der Waals surface area contributed by atoms with E-state index < -0.39 is 0 Å². The molecule has 58 heavy (non-hydrogen) atoms. The summed E-state index contributed by atoms with van der Waals surface area (Å²) in [6.45, 7) is 4.39. The van der Waals surface area contributed by atoms with Crippen molar-refractivity contribution >= 4 is 67.2 Å². The Hall–Kier alpha value is -7.02. The van der Waals surface area contributed by atoms with E-state index in [2.05, 4.69) is 19.8 Å². The molecule has 3 aliphatic rings. The van der Waals surface area contributed by atoms with Crippen LogP contribution in [-0.4, -0.2) is 116 Å². The maximum absolute atomic E-state index is 14.1. The van der Waals surface area contributed by atoms with Gasteiger partial charge >= 0.3 is 0 Å². The van der Waals surface area contributed by atoms with E-state index in [-0.39, 0.29) is 48.1 Å². The first-order valence-electron chi connectivity index (χ1n) is 19.6. The number of carbonyl (C=O) groups is 4. The van der Waals surface area contributed by atoms with Crippen LogP contribution in [0.2, 0.25) is 0 Å². The van der Waals surface area contributed by atoms with E-state index in [1.807, 2.05) is 109 Å². The van der Waals surface area contributed by atoms with Crippen molar-refractivity contribution in [1.29, 1.82) is 0 Å². The molecule has 12 heteroatoms. The molecule has 0 atom stereocenters. The highest BCUT2D eigenvalue weighted by Crippen LogP contribution is 2.40. The van der Waals surface area contributed by atoms with Gasteiger partial charge in [-0.2, -0.15) is 0 Å². The summed E-state index contributed by atoms with van der Waals surface area (Å²) in [5, 5.41) is 3.22. The Morgan fingerprint density at radius 2 is 0.810 bits per heavy atom. The topological polar surface area (TPSA) is 139 Å². The number of piperazine rings is 1. The second-order valence-corrected chi connectivity index (χ2v) is 15.1. The SMILES string of the molecule is O=C1c2nc(-c3ccccc3)c3[nH]c4ccccc4c3c2C(=O)N1CCN1CCN(CCN2C(=O)c3nc(-c4ccccc4)c4[nH]c5ccccc5c4c3C2=O)CC1. The molecule has 4 aromatic heterocycles. The number of imide groups is 2. The molecule has 8 aromatic rings. The number of amides is 4. The lowest BCUT2D eigenvalue weighted by molar-refractivity contribution is 0.0569. The molecule has 7 heterocycles. The largest absolute Gasteiger partial charge is 0.353 e. The lowest BCUT2D eigenvalue weighted by Gasteiger charge is -2.35. The zero-order valence-corrected chi connectivity index (χ0v) is 31.4. The number of H-pyrrole nitrogens is 2. The Kier molecular flexibility index (Phi) is 7.85. The fourth-order valence-corrected chi connectivity index (χ4v) is 9.01. The third-order valence-corrected chi connectivity index (χ3v) is 12.0. The number of pyridine rings is 2. The van der Waals surface area contributed by atoms with E-state index in [1.54, 1.807) is 0 Å². The van der Waals surface area contributed by atoms with E-state index in [4.69, 9.17) is 9.97 Å². The fraction of sp³-hybridized carbons (Fsp3) is 0.174. The van der Waals surface area contributed by atoms with Crippen molar-refractivity contribution in [3.8, 4) is 22.5 Å². The molecule has 11 rings (SSSR count). The summed E-state index contributed by atoms with van der Waals surface area (Å²) < 4.78 is 0. The summed E-state index contributed by atoms with van der Waals surface area (Å²) in [4.78, 5) is 79.7. The molecule has 1 fully saturated rings. The number of fused-ring (bicyclic) bond motifs is 10. The smallest absolute Gasteiger partial charge is 0.280 e. The van der Waals surface area contributed by atoms with Gasteiger partial charge in [0, 0.05) is 96.1 Å². The summed E-state index contributed by atoms with van der Waals surface area (Å²) in [5.74, 6) is -1.40. The van der Waals surface area contributed by atoms with Gasteiger partial charge in [-0.25, -0.2) is 9.97 Å². The average molecular weight is 765 g/mol. The Balaban J connectivity index is 0.777. The van der Waals surface area contributed by atoms with Gasteiger partial charge in [-0.05, 0) is 12.1 Å². The van der Waals surface area contributed by atoms with E-state index in [1.165, 1.54) is 9.80 Å². The monoisotopic (exact) mass is 764 g/mol. The summed E-state index contributed by atoms with van der Waals surface area (Å²) in [6.07, 6.45) is 0. The molecule has 1 saturated heterocycles. The highest BCUT2D eigenvalue weighted by atomic mass is 16.2. The summed E-state index contributed by atoms with van der Waals surface area (Å²) >= 11 is 0. The number of carbonyl (C=O) groups excluding carboxylic acids is 4. The van der Waals surface area contributed by atoms with Crippen molar-refractivity contribution in [3.05, 3.63) is 132 Å². The molecule has 12 nitrogen and oxygen atoms in total. The lowest BCUT2D eigenvalue weighted by Crippen LogP contribution is -2.50. The number of para-hydroxylation sites is 2. The van der Waals surface area contributed by atoms with Crippen molar-refractivity contribution in [2.75, 3.05) is 52.4 Å². The minimum atomic E-state index is -0.376. The first-order chi connectivity index (χ1) is 28.4. The minimum Gasteiger partial charge on any atom is -0.353 e. The molecular formula is C46H36N8O4. The quantitative estimate of drug-likeness (QED) is 0.165. The second kappa shape index (κ2) is 13.3. The predicted molar refractivity (Wildman–Crippen MR) is 222 cm³/mol. The van der Waals surface area contributed by atoms with Gasteiger partial charge in [-0.3, -0.25) is 38.8 Å². The number of aromatic amines is 2. The van der Waals surface area contributed by atoms with Gasteiger partial charge < -0.3 is 9.97 Å². The molecule has 4 amide bonds. The molecule has 0 bridgehead atoms. The third-order valence-electron chi connectivity index (χ3n) is 12.0. The Morgan fingerprint density at radius 1 is 0.431 bits per heavy atom. The third kappa shape index (κ3) is 5.22. The van der Waals surface area contributed by atoms with Gasteiger partial charge in [-0.15, -0.1) is 0 Å². The van der Waals surface area contributed by atoms with Gasteiger partial charge in [0.15, 0.2) is 0 Å². The molecule has 0 radical (unpaired) electrons. The standard InChI is InChI=1S/C46H36N8O4/c55-43-35-33-29-15-7-9-17-31(29)47-39(33)37(27-11-3-1-4-12-27)49-41(35)45(57)53(43)25-23-51-19-21-52(22-20-51)24-26-54-44(56)36-34-30-16-8-10-18-32(30)48-40(34)38(50-42(36)46(54)58)28-13-5-2-6-14-28/h1-18,47-48H,19-26H2. The van der Waals surface area contributed by atoms with Crippen LogP contribution in [0.1, 0.15) is 41.7 Å². The number of benzene rings is 4. The maximum atomic E-state index is 14.1. The normalized spacial score (nSPS) is 16.2. The first-order valence-corrected chi connectivity index (χ1v) is 19.6. The predicted octanol–water partition coefficient (Wildman–Crippen LogP) is 6.59. The van der Waals surface area contributed by atoms with Gasteiger partial charge in [-0.1, -0.05) is 97.1 Å². The molecule has 2 N–H and O–H groups in total.